The maximum Gasteiger partial charge on any atom is 0.308 e. The fraction of sp³-hybridized carbons (Fsp3) is 0.786. The van der Waals surface area contributed by atoms with Crippen LogP contribution in [0.2, 0.25) is 0 Å². The zero-order valence-electron chi connectivity index (χ0n) is 11.8. The van der Waals surface area contributed by atoms with Crippen molar-refractivity contribution in [2.75, 3.05) is 13.7 Å². The smallest absolute Gasteiger partial charge is 0.308 e. The molecule has 0 bridgehead atoms. The Balaban J connectivity index is 2.41. The first kappa shape index (κ1) is 15.7. The van der Waals surface area contributed by atoms with Gasteiger partial charge in [-0.3, -0.25) is 19.3 Å². The summed E-state index contributed by atoms with van der Waals surface area (Å²) in [5.41, 5.74) is 0. The Morgan fingerprint density at radius 1 is 1.26 bits per heavy atom. The van der Waals surface area contributed by atoms with Crippen molar-refractivity contribution in [2.45, 2.75) is 45.4 Å². The van der Waals surface area contributed by atoms with E-state index in [1.54, 1.807) is 0 Å². The Labute approximate surface area is 114 Å². The lowest BCUT2D eigenvalue weighted by Gasteiger charge is -2.29. The van der Waals surface area contributed by atoms with Gasteiger partial charge in [0.05, 0.1) is 13.0 Å². The van der Waals surface area contributed by atoms with Crippen LogP contribution in [0.1, 0.15) is 45.4 Å². The molecule has 0 aromatic rings. The van der Waals surface area contributed by atoms with Crippen molar-refractivity contribution in [3.63, 3.8) is 0 Å². The number of amides is 2. The molecular formula is C14H23NO4. The van der Waals surface area contributed by atoms with E-state index >= 15 is 0 Å². The number of rotatable bonds is 6. The van der Waals surface area contributed by atoms with Crippen LogP contribution in [0.5, 0.6) is 0 Å². The highest BCUT2D eigenvalue weighted by Gasteiger charge is 2.28. The molecule has 0 radical (unpaired) electrons. The standard InChI is InChI=1S/C14H23NO4/c1-3-4-13(17)15(10-16)9-11-5-7-12(8-6-11)14(18)19-2/h10-12H,3-9H2,1-2H3. The third-order valence-corrected chi connectivity index (χ3v) is 3.75. The number of hydrogen-bond acceptors (Lipinski definition) is 4. The van der Waals surface area contributed by atoms with Gasteiger partial charge in [-0.2, -0.15) is 0 Å². The maximum atomic E-state index is 11.7. The van der Waals surface area contributed by atoms with Gasteiger partial charge >= 0.3 is 5.97 Å². The average Bonchev–Trinajstić information content (AvgIpc) is 2.44. The van der Waals surface area contributed by atoms with Crippen LogP contribution in [0.25, 0.3) is 0 Å². The molecule has 19 heavy (non-hydrogen) atoms. The second-order valence-electron chi connectivity index (χ2n) is 5.14. The molecule has 0 unspecified atom stereocenters. The van der Waals surface area contributed by atoms with E-state index in [1.165, 1.54) is 12.0 Å². The predicted octanol–water partition coefficient (Wildman–Crippen LogP) is 1.75. The van der Waals surface area contributed by atoms with Crippen molar-refractivity contribution in [2.24, 2.45) is 11.8 Å². The number of carbonyl (C=O) groups excluding carboxylic acids is 3. The lowest BCUT2D eigenvalue weighted by molar-refractivity contribution is -0.147. The number of hydrogen-bond donors (Lipinski definition) is 0. The van der Waals surface area contributed by atoms with Crippen molar-refractivity contribution in [1.29, 1.82) is 0 Å². The minimum absolute atomic E-state index is 0.0164. The van der Waals surface area contributed by atoms with E-state index in [1.807, 2.05) is 6.92 Å². The first-order valence-corrected chi connectivity index (χ1v) is 6.94. The number of methoxy groups -OCH3 is 1. The summed E-state index contributed by atoms with van der Waals surface area (Å²) in [6.45, 7) is 2.40. The fourth-order valence-electron chi connectivity index (χ4n) is 2.59. The second kappa shape index (κ2) is 7.92. The first-order chi connectivity index (χ1) is 9.12. The van der Waals surface area contributed by atoms with Gasteiger partial charge in [0.2, 0.25) is 12.3 Å². The van der Waals surface area contributed by atoms with Gasteiger partial charge < -0.3 is 4.74 Å². The van der Waals surface area contributed by atoms with Crippen molar-refractivity contribution < 1.29 is 19.1 Å². The average molecular weight is 269 g/mol. The van der Waals surface area contributed by atoms with Crippen LogP contribution in [-0.2, 0) is 19.1 Å². The SMILES string of the molecule is CCCC(=O)N(C=O)CC1CCC(C(=O)OC)CC1. The van der Waals surface area contributed by atoms with Crippen LogP contribution >= 0.6 is 0 Å². The molecule has 0 spiro atoms. The molecule has 1 aliphatic carbocycles. The number of carbonyl (C=O) groups is 3. The summed E-state index contributed by atoms with van der Waals surface area (Å²) >= 11 is 0. The molecule has 0 aliphatic heterocycles. The molecule has 5 heteroatoms. The lowest BCUT2D eigenvalue weighted by atomic mass is 9.82. The largest absolute Gasteiger partial charge is 0.469 e. The molecule has 1 saturated carbocycles. The minimum atomic E-state index is -0.146. The first-order valence-electron chi connectivity index (χ1n) is 6.94. The van der Waals surface area contributed by atoms with Crippen LogP contribution in [0, 0.1) is 11.8 Å². The summed E-state index contributed by atoms with van der Waals surface area (Å²) in [6, 6.07) is 0. The highest BCUT2D eigenvalue weighted by atomic mass is 16.5. The van der Waals surface area contributed by atoms with Gasteiger partial charge in [-0.05, 0) is 38.0 Å². The van der Waals surface area contributed by atoms with Crippen LogP contribution < -0.4 is 0 Å². The number of ether oxygens (including phenoxy) is 1. The normalized spacial score (nSPS) is 22.6. The molecule has 2 amide bonds. The Kier molecular flexibility index (Phi) is 6.53. The summed E-state index contributed by atoms with van der Waals surface area (Å²) < 4.78 is 4.74. The third kappa shape index (κ3) is 4.65. The van der Waals surface area contributed by atoms with Gasteiger partial charge in [0.25, 0.3) is 0 Å². The molecule has 0 saturated heterocycles. The highest BCUT2D eigenvalue weighted by molar-refractivity contribution is 5.86. The Hall–Kier alpha value is -1.39. The zero-order chi connectivity index (χ0) is 14.3. The molecule has 1 fully saturated rings. The molecule has 0 heterocycles. The topological polar surface area (TPSA) is 63.7 Å². The minimum Gasteiger partial charge on any atom is -0.469 e. The molecule has 1 rings (SSSR count). The van der Waals surface area contributed by atoms with Crippen LogP contribution in [0.15, 0.2) is 0 Å². The van der Waals surface area contributed by atoms with Crippen molar-refractivity contribution in [3.8, 4) is 0 Å². The number of esters is 1. The Bertz CT molecular complexity index is 321. The highest BCUT2D eigenvalue weighted by Crippen LogP contribution is 2.30. The molecule has 0 aromatic carbocycles. The fourth-order valence-corrected chi connectivity index (χ4v) is 2.59. The van der Waals surface area contributed by atoms with Gasteiger partial charge in [0.1, 0.15) is 0 Å². The molecular weight excluding hydrogens is 246 g/mol. The van der Waals surface area contributed by atoms with Crippen molar-refractivity contribution >= 4 is 18.3 Å². The third-order valence-electron chi connectivity index (χ3n) is 3.75. The van der Waals surface area contributed by atoms with Gasteiger partial charge in [-0.1, -0.05) is 6.92 Å². The molecule has 5 nitrogen and oxygen atoms in total. The predicted molar refractivity (Wildman–Crippen MR) is 70.1 cm³/mol. The van der Waals surface area contributed by atoms with E-state index in [4.69, 9.17) is 4.74 Å². The van der Waals surface area contributed by atoms with E-state index < -0.39 is 0 Å². The van der Waals surface area contributed by atoms with E-state index in [9.17, 15) is 14.4 Å². The van der Waals surface area contributed by atoms with Crippen LogP contribution in [0.4, 0.5) is 0 Å². The Morgan fingerprint density at radius 2 is 1.89 bits per heavy atom. The second-order valence-corrected chi connectivity index (χ2v) is 5.14. The molecule has 0 atom stereocenters. The van der Waals surface area contributed by atoms with Gasteiger partial charge in [0.15, 0.2) is 0 Å². The van der Waals surface area contributed by atoms with Crippen molar-refractivity contribution in [1.82, 2.24) is 4.90 Å². The monoisotopic (exact) mass is 269 g/mol. The van der Waals surface area contributed by atoms with E-state index in [-0.39, 0.29) is 17.8 Å². The van der Waals surface area contributed by atoms with Gasteiger partial charge in [-0.25, -0.2) is 0 Å². The summed E-state index contributed by atoms with van der Waals surface area (Å²) in [4.78, 5) is 35.3. The quantitative estimate of drug-likeness (QED) is 0.544. The van der Waals surface area contributed by atoms with Crippen LogP contribution in [-0.4, -0.2) is 36.8 Å². The van der Waals surface area contributed by atoms with E-state index in [0.717, 1.165) is 32.1 Å². The summed E-state index contributed by atoms with van der Waals surface area (Å²) in [6.07, 6.45) is 5.09. The van der Waals surface area contributed by atoms with Gasteiger partial charge in [0, 0.05) is 13.0 Å². The van der Waals surface area contributed by atoms with E-state index in [0.29, 0.717) is 25.3 Å². The molecule has 1 aliphatic rings. The summed E-state index contributed by atoms with van der Waals surface area (Å²) in [5.74, 6) is 0.0459. The lowest BCUT2D eigenvalue weighted by Crippen LogP contribution is -2.36. The summed E-state index contributed by atoms with van der Waals surface area (Å²) in [5, 5.41) is 0. The molecule has 0 aromatic heterocycles. The maximum absolute atomic E-state index is 11.7. The Morgan fingerprint density at radius 3 is 2.37 bits per heavy atom. The van der Waals surface area contributed by atoms with Crippen molar-refractivity contribution in [3.05, 3.63) is 0 Å². The van der Waals surface area contributed by atoms with Crippen LogP contribution in [0.3, 0.4) is 0 Å². The zero-order valence-corrected chi connectivity index (χ0v) is 11.8. The van der Waals surface area contributed by atoms with Gasteiger partial charge in [-0.15, -0.1) is 0 Å². The van der Waals surface area contributed by atoms with E-state index in [2.05, 4.69) is 0 Å². The number of nitrogens with zero attached hydrogens (tertiary/aromatic N) is 1. The summed E-state index contributed by atoms with van der Waals surface area (Å²) in [7, 11) is 1.41. The number of imide groups is 1. The molecule has 0 N–H and O–H groups in total. The molecule has 108 valence electrons.